The molecule has 6 nitrogen and oxygen atoms in total. The lowest BCUT2D eigenvalue weighted by Gasteiger charge is -2.30. The Morgan fingerprint density at radius 1 is 1.47 bits per heavy atom. The molecule has 0 radical (unpaired) electrons. The zero-order valence-corrected chi connectivity index (χ0v) is 12.4. The molecule has 1 saturated heterocycles. The molecular formula is C11H18N3O3S2+. The number of carbonyl (C=O) groups is 1. The minimum atomic E-state index is -3.48. The van der Waals surface area contributed by atoms with E-state index in [1.165, 1.54) is 20.7 Å². The summed E-state index contributed by atoms with van der Waals surface area (Å²) in [5.41, 5.74) is 5.14. The highest BCUT2D eigenvalue weighted by molar-refractivity contribution is 7.89. The first-order valence-electron chi connectivity index (χ1n) is 6.17. The molecule has 1 fully saturated rings. The standard InChI is InChI=1S/C11H17N3O3S2/c1-2-13-3-5-14(6-4-13)19(16,17)9-7-10(11(12)15)18-8-9/h7-8H,2-6H2,1H3,(H2,12,15)/p+1. The Morgan fingerprint density at radius 3 is 2.58 bits per heavy atom. The molecule has 1 aromatic rings. The fraction of sp³-hybridized carbons (Fsp3) is 0.545. The predicted molar refractivity (Wildman–Crippen MR) is 72.8 cm³/mol. The van der Waals surface area contributed by atoms with E-state index < -0.39 is 15.9 Å². The van der Waals surface area contributed by atoms with Crippen LogP contribution in [0.25, 0.3) is 0 Å². The Morgan fingerprint density at radius 2 is 2.11 bits per heavy atom. The summed E-state index contributed by atoms with van der Waals surface area (Å²) < 4.78 is 26.3. The molecule has 0 spiro atoms. The number of nitrogens with two attached hydrogens (primary N) is 1. The Balaban J connectivity index is 2.16. The second-order valence-corrected chi connectivity index (χ2v) is 7.37. The maximum Gasteiger partial charge on any atom is 0.258 e. The van der Waals surface area contributed by atoms with Gasteiger partial charge >= 0.3 is 0 Å². The molecule has 1 aliphatic heterocycles. The van der Waals surface area contributed by atoms with Crippen LogP contribution in [0, 0.1) is 0 Å². The van der Waals surface area contributed by atoms with E-state index in [4.69, 9.17) is 5.73 Å². The predicted octanol–water partition coefficient (Wildman–Crippen LogP) is -1.24. The zero-order valence-electron chi connectivity index (χ0n) is 10.8. The van der Waals surface area contributed by atoms with Crippen LogP contribution in [0.4, 0.5) is 0 Å². The van der Waals surface area contributed by atoms with Crippen molar-refractivity contribution in [3.05, 3.63) is 16.3 Å². The van der Waals surface area contributed by atoms with Crippen LogP contribution >= 0.6 is 11.3 Å². The molecule has 0 aromatic carbocycles. The number of likely N-dealkylation sites (N-methyl/N-ethyl adjacent to an activating group) is 1. The molecule has 0 saturated carbocycles. The summed E-state index contributed by atoms with van der Waals surface area (Å²) in [6.07, 6.45) is 0. The molecule has 0 bridgehead atoms. The van der Waals surface area contributed by atoms with Gasteiger partial charge in [-0.3, -0.25) is 4.79 Å². The molecule has 0 aliphatic carbocycles. The first-order valence-corrected chi connectivity index (χ1v) is 8.49. The first-order chi connectivity index (χ1) is 8.95. The van der Waals surface area contributed by atoms with Crippen LogP contribution in [-0.2, 0) is 10.0 Å². The Bertz CT molecular complexity index is 559. The van der Waals surface area contributed by atoms with Gasteiger partial charge in [-0.25, -0.2) is 8.42 Å². The van der Waals surface area contributed by atoms with Gasteiger partial charge in [0, 0.05) is 5.38 Å². The minimum absolute atomic E-state index is 0.172. The summed E-state index contributed by atoms with van der Waals surface area (Å²) in [4.78, 5) is 12.9. The van der Waals surface area contributed by atoms with Crippen molar-refractivity contribution in [3.8, 4) is 0 Å². The van der Waals surface area contributed by atoms with Crippen molar-refractivity contribution in [1.29, 1.82) is 0 Å². The number of amides is 1. The number of hydrogen-bond acceptors (Lipinski definition) is 4. The summed E-state index contributed by atoms with van der Waals surface area (Å²) >= 11 is 1.07. The number of sulfonamides is 1. The maximum atomic E-state index is 12.4. The van der Waals surface area contributed by atoms with Crippen molar-refractivity contribution in [2.24, 2.45) is 5.73 Å². The SMILES string of the molecule is CC[NH+]1CCN(S(=O)(=O)c2csc(C(N)=O)c2)CC1. The largest absolute Gasteiger partial charge is 0.365 e. The fourth-order valence-corrected chi connectivity index (χ4v) is 4.68. The number of thiophene rings is 1. The summed E-state index contributed by atoms with van der Waals surface area (Å²) in [5, 5.41) is 1.48. The third-order valence-corrected chi connectivity index (χ3v) is 6.36. The topological polar surface area (TPSA) is 84.9 Å². The van der Waals surface area contributed by atoms with Gasteiger partial charge in [-0.2, -0.15) is 4.31 Å². The van der Waals surface area contributed by atoms with E-state index >= 15 is 0 Å². The minimum Gasteiger partial charge on any atom is -0.365 e. The monoisotopic (exact) mass is 304 g/mol. The summed E-state index contributed by atoms with van der Waals surface area (Å²) in [6.45, 7) is 5.79. The van der Waals surface area contributed by atoms with Gasteiger partial charge < -0.3 is 10.6 Å². The molecule has 8 heteroatoms. The number of hydrogen-bond donors (Lipinski definition) is 2. The van der Waals surface area contributed by atoms with Crippen molar-refractivity contribution in [1.82, 2.24) is 4.31 Å². The average molecular weight is 304 g/mol. The smallest absolute Gasteiger partial charge is 0.258 e. The highest BCUT2D eigenvalue weighted by Crippen LogP contribution is 2.22. The zero-order chi connectivity index (χ0) is 14.0. The molecule has 0 atom stereocenters. The van der Waals surface area contributed by atoms with Crippen LogP contribution in [0.5, 0.6) is 0 Å². The number of rotatable bonds is 4. The number of quaternary nitrogens is 1. The molecular weight excluding hydrogens is 286 g/mol. The summed E-state index contributed by atoms with van der Waals surface area (Å²) in [6, 6.07) is 1.36. The number of nitrogens with one attached hydrogen (secondary N) is 1. The lowest BCUT2D eigenvalue weighted by atomic mass is 10.4. The first kappa shape index (κ1) is 14.4. The van der Waals surface area contributed by atoms with Crippen molar-refractivity contribution in [2.45, 2.75) is 11.8 Å². The lowest BCUT2D eigenvalue weighted by molar-refractivity contribution is -0.901. The Hall–Kier alpha value is -0.960. The van der Waals surface area contributed by atoms with Crippen molar-refractivity contribution < 1.29 is 18.1 Å². The number of primary amides is 1. The van der Waals surface area contributed by atoms with Gasteiger partial charge in [0.15, 0.2) is 0 Å². The van der Waals surface area contributed by atoms with Crippen LogP contribution in [0.2, 0.25) is 0 Å². The van der Waals surface area contributed by atoms with E-state index in [2.05, 4.69) is 6.92 Å². The van der Waals surface area contributed by atoms with Crippen molar-refractivity contribution in [3.63, 3.8) is 0 Å². The number of carbonyl (C=O) groups excluding carboxylic acids is 1. The van der Waals surface area contributed by atoms with Gasteiger partial charge in [0.2, 0.25) is 10.0 Å². The number of nitrogens with zero attached hydrogens (tertiary/aromatic N) is 1. The molecule has 19 heavy (non-hydrogen) atoms. The van der Waals surface area contributed by atoms with E-state index in [0.717, 1.165) is 31.0 Å². The number of piperazine rings is 1. The fourth-order valence-electron chi connectivity index (χ4n) is 2.13. The van der Waals surface area contributed by atoms with Gasteiger partial charge in [0.05, 0.1) is 42.5 Å². The Labute approximate surface area is 116 Å². The molecule has 106 valence electrons. The quantitative estimate of drug-likeness (QED) is 0.729. The van der Waals surface area contributed by atoms with Crippen LogP contribution < -0.4 is 10.6 Å². The molecule has 3 N–H and O–H groups in total. The normalized spacial score (nSPS) is 18.6. The average Bonchev–Trinajstić information content (AvgIpc) is 2.89. The highest BCUT2D eigenvalue weighted by Gasteiger charge is 2.30. The van der Waals surface area contributed by atoms with Gasteiger partial charge in [0.25, 0.3) is 5.91 Å². The van der Waals surface area contributed by atoms with Crippen LogP contribution in [0.1, 0.15) is 16.6 Å². The van der Waals surface area contributed by atoms with E-state index in [0.29, 0.717) is 13.1 Å². The van der Waals surface area contributed by atoms with Gasteiger partial charge in [-0.05, 0) is 13.0 Å². The molecule has 0 unspecified atom stereocenters. The molecule has 2 rings (SSSR count). The van der Waals surface area contributed by atoms with E-state index in [1.54, 1.807) is 0 Å². The van der Waals surface area contributed by atoms with E-state index in [1.807, 2.05) is 0 Å². The molecule has 1 amide bonds. The highest BCUT2D eigenvalue weighted by atomic mass is 32.2. The van der Waals surface area contributed by atoms with Crippen molar-refractivity contribution in [2.75, 3.05) is 32.7 Å². The maximum absolute atomic E-state index is 12.4. The van der Waals surface area contributed by atoms with Gasteiger partial charge in [-0.1, -0.05) is 0 Å². The van der Waals surface area contributed by atoms with Crippen molar-refractivity contribution >= 4 is 27.3 Å². The van der Waals surface area contributed by atoms with E-state index in [-0.39, 0.29) is 9.77 Å². The molecule has 2 heterocycles. The van der Waals surface area contributed by atoms with Crippen LogP contribution in [-0.4, -0.2) is 51.4 Å². The third-order valence-electron chi connectivity index (χ3n) is 3.39. The van der Waals surface area contributed by atoms with Gasteiger partial charge in [0.1, 0.15) is 0 Å². The van der Waals surface area contributed by atoms with Gasteiger partial charge in [-0.15, -0.1) is 11.3 Å². The third kappa shape index (κ3) is 2.97. The summed E-state index contributed by atoms with van der Waals surface area (Å²) in [5.74, 6) is -0.591. The van der Waals surface area contributed by atoms with Crippen LogP contribution in [0.15, 0.2) is 16.3 Å². The van der Waals surface area contributed by atoms with E-state index in [9.17, 15) is 13.2 Å². The molecule has 1 aliphatic rings. The second kappa shape index (κ2) is 5.58. The second-order valence-electron chi connectivity index (χ2n) is 4.52. The van der Waals surface area contributed by atoms with Crippen LogP contribution in [0.3, 0.4) is 0 Å². The summed E-state index contributed by atoms with van der Waals surface area (Å²) in [7, 11) is -3.48. The lowest BCUT2D eigenvalue weighted by Crippen LogP contribution is -3.14. The molecule has 1 aromatic heterocycles. The Kier molecular flexibility index (Phi) is 4.24.